The third-order valence-corrected chi connectivity index (χ3v) is 3.84. The summed E-state index contributed by atoms with van der Waals surface area (Å²) in [4.78, 5) is 2.33. The van der Waals surface area contributed by atoms with E-state index in [0.29, 0.717) is 19.0 Å². The van der Waals surface area contributed by atoms with Gasteiger partial charge < -0.3 is 9.47 Å². The molecule has 2 heterocycles. The molecule has 0 atom stereocenters. The van der Waals surface area contributed by atoms with E-state index >= 15 is 0 Å². The fourth-order valence-electron chi connectivity index (χ4n) is 2.38. The van der Waals surface area contributed by atoms with Crippen molar-refractivity contribution in [3.63, 3.8) is 0 Å². The summed E-state index contributed by atoms with van der Waals surface area (Å²) in [6.07, 6.45) is 0. The molecule has 2 aliphatic rings. The SMILES string of the molecule is Clc1ccc(C2=C(OCCN3CCOCC3)N=NC2)cc1. The summed E-state index contributed by atoms with van der Waals surface area (Å²) >= 11 is 5.91. The average molecular weight is 308 g/mol. The second kappa shape index (κ2) is 7.02. The number of hydrogen-bond donors (Lipinski definition) is 0. The van der Waals surface area contributed by atoms with E-state index in [0.717, 1.165) is 49.0 Å². The molecular formula is C15H18ClN3O2. The summed E-state index contributed by atoms with van der Waals surface area (Å²) in [6, 6.07) is 7.68. The monoisotopic (exact) mass is 307 g/mol. The van der Waals surface area contributed by atoms with Crippen LogP contribution in [0.2, 0.25) is 5.02 Å². The Morgan fingerprint density at radius 3 is 2.71 bits per heavy atom. The van der Waals surface area contributed by atoms with Gasteiger partial charge >= 0.3 is 0 Å². The molecule has 0 radical (unpaired) electrons. The predicted octanol–water partition coefficient (Wildman–Crippen LogP) is 2.82. The van der Waals surface area contributed by atoms with Crippen LogP contribution in [-0.2, 0) is 9.47 Å². The van der Waals surface area contributed by atoms with Crippen molar-refractivity contribution in [2.45, 2.75) is 0 Å². The smallest absolute Gasteiger partial charge is 0.238 e. The molecule has 1 aromatic carbocycles. The minimum Gasteiger partial charge on any atom is -0.475 e. The average Bonchev–Trinajstić information content (AvgIpc) is 2.98. The first-order valence-electron chi connectivity index (χ1n) is 7.12. The molecule has 112 valence electrons. The van der Waals surface area contributed by atoms with E-state index in [1.807, 2.05) is 24.3 Å². The summed E-state index contributed by atoms with van der Waals surface area (Å²) in [5.74, 6) is 0.630. The molecule has 5 nitrogen and oxygen atoms in total. The largest absolute Gasteiger partial charge is 0.475 e. The number of hydrogen-bond acceptors (Lipinski definition) is 5. The van der Waals surface area contributed by atoms with Gasteiger partial charge in [-0.2, -0.15) is 5.11 Å². The lowest BCUT2D eigenvalue weighted by Crippen LogP contribution is -2.38. The van der Waals surface area contributed by atoms with Gasteiger partial charge in [0.1, 0.15) is 6.61 Å². The van der Waals surface area contributed by atoms with Crippen LogP contribution in [-0.4, -0.2) is 50.9 Å². The second-order valence-electron chi connectivity index (χ2n) is 4.99. The van der Waals surface area contributed by atoms with Gasteiger partial charge in [-0.3, -0.25) is 4.90 Å². The number of nitrogens with zero attached hydrogens (tertiary/aromatic N) is 3. The van der Waals surface area contributed by atoms with Crippen LogP contribution >= 0.6 is 11.6 Å². The maximum atomic E-state index is 5.91. The molecule has 0 bridgehead atoms. The lowest BCUT2D eigenvalue weighted by molar-refractivity contribution is 0.0275. The van der Waals surface area contributed by atoms with Crippen molar-refractivity contribution < 1.29 is 9.47 Å². The van der Waals surface area contributed by atoms with Crippen LogP contribution in [0.5, 0.6) is 0 Å². The topological polar surface area (TPSA) is 46.4 Å². The molecule has 0 aliphatic carbocycles. The Morgan fingerprint density at radius 2 is 1.95 bits per heavy atom. The zero-order valence-corrected chi connectivity index (χ0v) is 12.6. The lowest BCUT2D eigenvalue weighted by Gasteiger charge is -2.26. The number of morpholine rings is 1. The molecule has 1 aromatic rings. The summed E-state index contributed by atoms with van der Waals surface area (Å²) in [7, 11) is 0. The van der Waals surface area contributed by atoms with Crippen LogP contribution in [0.1, 0.15) is 5.56 Å². The van der Waals surface area contributed by atoms with Crippen LogP contribution in [0.4, 0.5) is 0 Å². The first-order chi connectivity index (χ1) is 10.3. The van der Waals surface area contributed by atoms with Crippen molar-refractivity contribution >= 4 is 17.2 Å². The van der Waals surface area contributed by atoms with Gasteiger partial charge in [-0.25, -0.2) is 0 Å². The fraction of sp³-hybridized carbons (Fsp3) is 0.467. The van der Waals surface area contributed by atoms with Gasteiger partial charge in [0.2, 0.25) is 5.88 Å². The Labute approximate surface area is 129 Å². The molecular weight excluding hydrogens is 290 g/mol. The van der Waals surface area contributed by atoms with Crippen LogP contribution < -0.4 is 0 Å². The molecule has 3 rings (SSSR count). The number of rotatable bonds is 5. The molecule has 0 aromatic heterocycles. The van der Waals surface area contributed by atoms with Gasteiger partial charge in [-0.1, -0.05) is 23.7 Å². The molecule has 0 amide bonds. The molecule has 6 heteroatoms. The molecule has 0 spiro atoms. The van der Waals surface area contributed by atoms with Crippen LogP contribution in [0, 0.1) is 0 Å². The van der Waals surface area contributed by atoms with Crippen LogP contribution in [0.15, 0.2) is 40.4 Å². The van der Waals surface area contributed by atoms with E-state index < -0.39 is 0 Å². The van der Waals surface area contributed by atoms with Gasteiger partial charge in [-0.05, 0) is 17.7 Å². The van der Waals surface area contributed by atoms with Crippen LogP contribution in [0.3, 0.4) is 0 Å². The fourth-order valence-corrected chi connectivity index (χ4v) is 2.50. The molecule has 1 fully saturated rings. The van der Waals surface area contributed by atoms with Crippen molar-refractivity contribution in [3.8, 4) is 0 Å². The normalized spacial score (nSPS) is 19.3. The van der Waals surface area contributed by atoms with Crippen molar-refractivity contribution in [2.75, 3.05) is 46.0 Å². The summed E-state index contributed by atoms with van der Waals surface area (Å²) in [5, 5.41) is 8.90. The number of halogens is 1. The molecule has 0 N–H and O–H groups in total. The Kier molecular flexibility index (Phi) is 4.85. The van der Waals surface area contributed by atoms with Gasteiger partial charge in [0.05, 0.1) is 19.8 Å². The first kappa shape index (κ1) is 14.5. The Hall–Kier alpha value is -1.43. The predicted molar refractivity (Wildman–Crippen MR) is 81.3 cm³/mol. The molecule has 0 unspecified atom stereocenters. The maximum absolute atomic E-state index is 5.91. The highest BCUT2D eigenvalue weighted by molar-refractivity contribution is 6.30. The second-order valence-corrected chi connectivity index (χ2v) is 5.43. The van der Waals surface area contributed by atoms with Gasteiger partial charge in [0.15, 0.2) is 0 Å². The maximum Gasteiger partial charge on any atom is 0.238 e. The minimum atomic E-state index is 0.564. The van der Waals surface area contributed by atoms with Gasteiger partial charge in [0.25, 0.3) is 0 Å². The van der Waals surface area contributed by atoms with Crippen molar-refractivity contribution in [1.29, 1.82) is 0 Å². The van der Waals surface area contributed by atoms with E-state index in [2.05, 4.69) is 15.1 Å². The molecule has 0 saturated carbocycles. The Balaban J connectivity index is 1.58. The lowest BCUT2D eigenvalue weighted by atomic mass is 10.1. The number of ether oxygens (including phenoxy) is 2. The van der Waals surface area contributed by atoms with E-state index in [-0.39, 0.29) is 0 Å². The number of azo groups is 1. The summed E-state index contributed by atoms with van der Waals surface area (Å²) in [6.45, 7) is 5.61. The summed E-state index contributed by atoms with van der Waals surface area (Å²) in [5.41, 5.74) is 2.08. The quantitative estimate of drug-likeness (QED) is 0.840. The first-order valence-corrected chi connectivity index (χ1v) is 7.50. The van der Waals surface area contributed by atoms with Crippen molar-refractivity contribution in [2.24, 2.45) is 10.2 Å². The van der Waals surface area contributed by atoms with E-state index in [4.69, 9.17) is 21.1 Å². The Morgan fingerprint density at radius 1 is 1.19 bits per heavy atom. The number of benzene rings is 1. The zero-order valence-electron chi connectivity index (χ0n) is 11.8. The van der Waals surface area contributed by atoms with Crippen molar-refractivity contribution in [1.82, 2.24) is 4.90 Å². The highest BCUT2D eigenvalue weighted by Crippen LogP contribution is 2.27. The highest BCUT2D eigenvalue weighted by atomic mass is 35.5. The molecule has 2 aliphatic heterocycles. The standard InChI is InChI=1S/C15H18ClN3O2/c16-13-3-1-12(2-4-13)14-11-17-18-15(14)21-10-7-19-5-8-20-9-6-19/h1-4H,5-11H2. The molecule has 1 saturated heterocycles. The van der Waals surface area contributed by atoms with E-state index in [1.54, 1.807) is 0 Å². The molecule has 21 heavy (non-hydrogen) atoms. The third-order valence-electron chi connectivity index (χ3n) is 3.59. The van der Waals surface area contributed by atoms with Crippen LogP contribution in [0.25, 0.3) is 5.57 Å². The third kappa shape index (κ3) is 3.81. The van der Waals surface area contributed by atoms with Gasteiger partial charge in [0, 0.05) is 30.2 Å². The Bertz CT molecular complexity index is 536. The zero-order chi connectivity index (χ0) is 14.5. The van der Waals surface area contributed by atoms with Crippen molar-refractivity contribution in [3.05, 3.63) is 40.7 Å². The van der Waals surface area contributed by atoms with E-state index in [1.165, 1.54) is 0 Å². The van der Waals surface area contributed by atoms with Gasteiger partial charge in [-0.15, -0.1) is 5.11 Å². The summed E-state index contributed by atoms with van der Waals surface area (Å²) < 4.78 is 11.1. The highest BCUT2D eigenvalue weighted by Gasteiger charge is 2.17. The minimum absolute atomic E-state index is 0.564. The van der Waals surface area contributed by atoms with E-state index in [9.17, 15) is 0 Å².